The van der Waals surface area contributed by atoms with Crippen molar-refractivity contribution in [3.8, 4) is 0 Å². The molecule has 0 aromatic heterocycles. The Labute approximate surface area is 89.3 Å². The fraction of sp³-hybridized carbons (Fsp3) is 0.417. The smallest absolute Gasteiger partial charge is 0.307 e. The molecule has 1 heterocycles. The number of para-hydroxylation sites is 1. The van der Waals surface area contributed by atoms with E-state index in [1.165, 1.54) is 5.56 Å². The summed E-state index contributed by atoms with van der Waals surface area (Å²) in [4.78, 5) is 12.9. The lowest BCUT2D eigenvalue weighted by atomic mass is 10.0. The number of carboxylic acids is 1. The second-order valence-electron chi connectivity index (χ2n) is 4.16. The standard InChI is InChI=1S/C12H15NO2/c1-8-6-9-4-3-5-10(7-11(14)15)12(9)13(8)2/h3-5,8H,6-7H2,1-2H3,(H,14,15). The molecule has 1 aromatic rings. The monoisotopic (exact) mass is 205 g/mol. The van der Waals surface area contributed by atoms with Gasteiger partial charge in [0.1, 0.15) is 0 Å². The molecule has 3 heteroatoms. The summed E-state index contributed by atoms with van der Waals surface area (Å²) in [6.07, 6.45) is 1.12. The first-order valence-electron chi connectivity index (χ1n) is 5.15. The van der Waals surface area contributed by atoms with Gasteiger partial charge in [0.2, 0.25) is 0 Å². The van der Waals surface area contributed by atoms with Crippen molar-refractivity contribution in [1.29, 1.82) is 0 Å². The highest BCUT2D eigenvalue weighted by molar-refractivity contribution is 5.75. The van der Waals surface area contributed by atoms with Gasteiger partial charge in [0.15, 0.2) is 0 Å². The lowest BCUT2D eigenvalue weighted by Gasteiger charge is -2.20. The lowest BCUT2D eigenvalue weighted by molar-refractivity contribution is -0.136. The molecule has 15 heavy (non-hydrogen) atoms. The number of carbonyl (C=O) groups is 1. The lowest BCUT2D eigenvalue weighted by Crippen LogP contribution is -2.24. The van der Waals surface area contributed by atoms with Crippen molar-refractivity contribution in [3.05, 3.63) is 29.3 Å². The molecule has 1 aliphatic heterocycles. The maximum atomic E-state index is 10.7. The van der Waals surface area contributed by atoms with Gasteiger partial charge < -0.3 is 10.0 Å². The summed E-state index contributed by atoms with van der Waals surface area (Å²) in [5.74, 6) is -0.767. The highest BCUT2D eigenvalue weighted by Crippen LogP contribution is 2.34. The molecule has 3 nitrogen and oxygen atoms in total. The van der Waals surface area contributed by atoms with E-state index in [0.29, 0.717) is 6.04 Å². The van der Waals surface area contributed by atoms with Crippen LogP contribution in [0.2, 0.25) is 0 Å². The van der Waals surface area contributed by atoms with E-state index in [1.807, 2.05) is 19.2 Å². The van der Waals surface area contributed by atoms with E-state index in [0.717, 1.165) is 17.7 Å². The fourth-order valence-electron chi connectivity index (χ4n) is 2.24. The van der Waals surface area contributed by atoms with Crippen LogP contribution in [-0.2, 0) is 17.6 Å². The zero-order valence-corrected chi connectivity index (χ0v) is 9.03. The Balaban J connectivity index is 2.42. The first kappa shape index (κ1) is 10.0. The molecule has 0 aliphatic carbocycles. The van der Waals surface area contributed by atoms with Gasteiger partial charge >= 0.3 is 5.97 Å². The molecule has 0 bridgehead atoms. The summed E-state index contributed by atoms with van der Waals surface area (Å²) in [5, 5.41) is 8.83. The van der Waals surface area contributed by atoms with Crippen molar-refractivity contribution in [1.82, 2.24) is 0 Å². The Hall–Kier alpha value is -1.51. The van der Waals surface area contributed by atoms with Crippen LogP contribution in [-0.4, -0.2) is 24.2 Å². The van der Waals surface area contributed by atoms with Gasteiger partial charge in [0.25, 0.3) is 0 Å². The van der Waals surface area contributed by atoms with Gasteiger partial charge in [-0.1, -0.05) is 18.2 Å². The molecule has 1 unspecified atom stereocenters. The molecule has 0 fully saturated rings. The minimum atomic E-state index is -0.767. The Morgan fingerprint density at radius 2 is 2.33 bits per heavy atom. The minimum Gasteiger partial charge on any atom is -0.481 e. The first-order valence-corrected chi connectivity index (χ1v) is 5.15. The summed E-state index contributed by atoms with van der Waals surface area (Å²) in [6.45, 7) is 2.16. The molecule has 0 saturated carbocycles. The van der Waals surface area contributed by atoms with Crippen LogP contribution < -0.4 is 4.90 Å². The molecule has 80 valence electrons. The van der Waals surface area contributed by atoms with Gasteiger partial charge in [-0.05, 0) is 24.5 Å². The third-order valence-corrected chi connectivity index (χ3v) is 3.07. The van der Waals surface area contributed by atoms with Gasteiger partial charge in [-0.2, -0.15) is 0 Å². The summed E-state index contributed by atoms with van der Waals surface area (Å²) >= 11 is 0. The van der Waals surface area contributed by atoms with Crippen molar-refractivity contribution in [2.75, 3.05) is 11.9 Å². The SMILES string of the molecule is CC1Cc2cccc(CC(=O)O)c2N1C. The van der Waals surface area contributed by atoms with Crippen molar-refractivity contribution < 1.29 is 9.90 Å². The molecule has 1 aliphatic rings. The number of fused-ring (bicyclic) bond motifs is 1. The topological polar surface area (TPSA) is 40.5 Å². The van der Waals surface area contributed by atoms with Crippen LogP contribution >= 0.6 is 0 Å². The summed E-state index contributed by atoms with van der Waals surface area (Å²) in [7, 11) is 2.03. The second-order valence-corrected chi connectivity index (χ2v) is 4.16. The van der Waals surface area contributed by atoms with Crippen LogP contribution in [0.25, 0.3) is 0 Å². The third-order valence-electron chi connectivity index (χ3n) is 3.07. The number of anilines is 1. The predicted molar refractivity (Wildman–Crippen MR) is 59.4 cm³/mol. The molecule has 1 N–H and O–H groups in total. The number of nitrogens with zero attached hydrogens (tertiary/aromatic N) is 1. The Bertz CT molecular complexity index is 401. The Morgan fingerprint density at radius 1 is 1.60 bits per heavy atom. The van der Waals surface area contributed by atoms with E-state index in [-0.39, 0.29) is 6.42 Å². The molecule has 0 saturated heterocycles. The highest BCUT2D eigenvalue weighted by atomic mass is 16.4. The van der Waals surface area contributed by atoms with E-state index < -0.39 is 5.97 Å². The van der Waals surface area contributed by atoms with E-state index in [9.17, 15) is 4.79 Å². The second kappa shape index (κ2) is 3.57. The van der Waals surface area contributed by atoms with Gasteiger partial charge in [-0.25, -0.2) is 0 Å². The molecular weight excluding hydrogens is 190 g/mol. The zero-order chi connectivity index (χ0) is 11.0. The average Bonchev–Trinajstić information content (AvgIpc) is 2.43. The third kappa shape index (κ3) is 1.69. The van der Waals surface area contributed by atoms with E-state index >= 15 is 0 Å². The van der Waals surface area contributed by atoms with Crippen LogP contribution in [0.1, 0.15) is 18.1 Å². The molecule has 0 amide bonds. The largest absolute Gasteiger partial charge is 0.481 e. The van der Waals surface area contributed by atoms with Gasteiger partial charge in [-0.3, -0.25) is 4.79 Å². The minimum absolute atomic E-state index is 0.111. The van der Waals surface area contributed by atoms with Gasteiger partial charge in [-0.15, -0.1) is 0 Å². The van der Waals surface area contributed by atoms with Crippen molar-refractivity contribution >= 4 is 11.7 Å². The average molecular weight is 205 g/mol. The van der Waals surface area contributed by atoms with Crippen molar-refractivity contribution in [2.24, 2.45) is 0 Å². The van der Waals surface area contributed by atoms with Crippen LogP contribution in [0.4, 0.5) is 5.69 Å². The maximum absolute atomic E-state index is 10.7. The Kier molecular flexibility index (Phi) is 2.39. The Morgan fingerprint density at radius 3 is 3.00 bits per heavy atom. The quantitative estimate of drug-likeness (QED) is 0.798. The van der Waals surface area contributed by atoms with Crippen LogP contribution in [0.15, 0.2) is 18.2 Å². The summed E-state index contributed by atoms with van der Waals surface area (Å²) in [5.41, 5.74) is 3.31. The molecule has 1 atom stereocenters. The number of hydrogen-bond donors (Lipinski definition) is 1. The number of rotatable bonds is 2. The van der Waals surface area contributed by atoms with E-state index in [2.05, 4.69) is 17.9 Å². The molecule has 0 spiro atoms. The summed E-state index contributed by atoms with van der Waals surface area (Å²) < 4.78 is 0. The van der Waals surface area contributed by atoms with E-state index in [4.69, 9.17) is 5.11 Å². The number of carboxylic acid groups (broad SMARTS) is 1. The zero-order valence-electron chi connectivity index (χ0n) is 9.03. The number of aliphatic carboxylic acids is 1. The van der Waals surface area contributed by atoms with Gasteiger partial charge in [0, 0.05) is 18.8 Å². The number of hydrogen-bond acceptors (Lipinski definition) is 2. The summed E-state index contributed by atoms with van der Waals surface area (Å²) in [6, 6.07) is 6.40. The molecule has 0 radical (unpaired) electrons. The maximum Gasteiger partial charge on any atom is 0.307 e. The van der Waals surface area contributed by atoms with Crippen molar-refractivity contribution in [2.45, 2.75) is 25.8 Å². The van der Waals surface area contributed by atoms with Crippen LogP contribution in [0.5, 0.6) is 0 Å². The highest BCUT2D eigenvalue weighted by Gasteiger charge is 2.25. The first-order chi connectivity index (χ1) is 7.09. The van der Waals surface area contributed by atoms with E-state index in [1.54, 1.807) is 0 Å². The predicted octanol–water partition coefficient (Wildman–Crippen LogP) is 1.69. The van der Waals surface area contributed by atoms with Crippen LogP contribution in [0.3, 0.4) is 0 Å². The number of benzene rings is 1. The normalized spacial score (nSPS) is 19.1. The number of likely N-dealkylation sites (N-methyl/N-ethyl adjacent to an activating group) is 1. The van der Waals surface area contributed by atoms with Crippen molar-refractivity contribution in [3.63, 3.8) is 0 Å². The fourth-order valence-corrected chi connectivity index (χ4v) is 2.24. The molecular formula is C12H15NO2. The van der Waals surface area contributed by atoms with Gasteiger partial charge in [0.05, 0.1) is 6.42 Å². The van der Waals surface area contributed by atoms with Crippen LogP contribution in [0, 0.1) is 0 Å². The molecule has 1 aromatic carbocycles. The molecule has 2 rings (SSSR count).